The molecule has 192 valence electrons. The Labute approximate surface area is 210 Å². The van der Waals surface area contributed by atoms with Crippen LogP contribution < -0.4 is 10.9 Å². The minimum atomic E-state index is -1.06. The molecule has 2 aliphatic rings. The second-order valence-electron chi connectivity index (χ2n) is 10.1. The third kappa shape index (κ3) is 6.02. The number of nitrogens with zero attached hydrogens (tertiary/aromatic N) is 5. The number of nitrogens with one attached hydrogen (secondary N) is 1. The highest BCUT2D eigenvalue weighted by Crippen LogP contribution is 2.25. The zero-order chi connectivity index (χ0) is 25.7. The first kappa shape index (κ1) is 25.6. The summed E-state index contributed by atoms with van der Waals surface area (Å²) in [6.45, 7) is 4.61. The predicted molar refractivity (Wildman–Crippen MR) is 134 cm³/mol. The van der Waals surface area contributed by atoms with Gasteiger partial charge in [-0.1, -0.05) is 6.07 Å². The fourth-order valence-corrected chi connectivity index (χ4v) is 5.01. The number of unbranched alkanes of at least 4 members (excludes halogenated alkanes) is 1. The summed E-state index contributed by atoms with van der Waals surface area (Å²) < 4.78 is 1.47. The summed E-state index contributed by atoms with van der Waals surface area (Å²) in [6, 6.07) is 5.51. The zero-order valence-corrected chi connectivity index (χ0v) is 20.8. The third-order valence-corrected chi connectivity index (χ3v) is 7.31. The molecule has 2 N–H and O–H groups in total. The van der Waals surface area contributed by atoms with Crippen molar-refractivity contribution in [3.05, 3.63) is 40.4 Å². The number of likely N-dealkylation sites (tertiary alicyclic amines) is 2. The number of aryl methyl sites for hydroxylation is 1. The Kier molecular flexibility index (Phi) is 7.89. The van der Waals surface area contributed by atoms with E-state index in [4.69, 9.17) is 5.26 Å². The summed E-state index contributed by atoms with van der Waals surface area (Å²) in [5, 5.41) is 23.4. The van der Waals surface area contributed by atoms with Crippen molar-refractivity contribution in [2.45, 2.75) is 57.6 Å². The molecule has 36 heavy (non-hydrogen) atoms. The van der Waals surface area contributed by atoms with Gasteiger partial charge in [-0.15, -0.1) is 0 Å². The maximum atomic E-state index is 12.9. The number of carbonyl (C=O) groups is 2. The SMILES string of the molecule is Cc1ccc2c(=O)n(CC3(O)CCN(C(=O)CCCCNC(=O)C4CCN(C#N)C4)CC3)cnc2c1. The van der Waals surface area contributed by atoms with Gasteiger partial charge in [0.25, 0.3) is 5.56 Å². The quantitative estimate of drug-likeness (QED) is 0.416. The molecule has 0 radical (unpaired) electrons. The maximum Gasteiger partial charge on any atom is 0.261 e. The molecule has 2 saturated heterocycles. The molecule has 10 nitrogen and oxygen atoms in total. The lowest BCUT2D eigenvalue weighted by Crippen LogP contribution is -2.49. The van der Waals surface area contributed by atoms with Crippen LogP contribution in [0, 0.1) is 24.3 Å². The second-order valence-corrected chi connectivity index (χ2v) is 10.1. The highest BCUT2D eigenvalue weighted by Gasteiger charge is 2.34. The van der Waals surface area contributed by atoms with Gasteiger partial charge in [0.2, 0.25) is 11.8 Å². The van der Waals surface area contributed by atoms with Gasteiger partial charge in [-0.2, -0.15) is 5.26 Å². The Morgan fingerprint density at radius 1 is 1.25 bits per heavy atom. The van der Waals surface area contributed by atoms with E-state index in [1.165, 1.54) is 10.9 Å². The zero-order valence-electron chi connectivity index (χ0n) is 20.8. The number of rotatable bonds is 8. The number of aliphatic hydroxyl groups is 1. The number of amides is 2. The first-order valence-corrected chi connectivity index (χ1v) is 12.7. The number of carbonyl (C=O) groups excluding carboxylic acids is 2. The fraction of sp³-hybridized carbons (Fsp3) is 0.577. The van der Waals surface area contributed by atoms with Crippen LogP contribution in [0.4, 0.5) is 0 Å². The standard InChI is InChI=1S/C26H34N6O4/c1-19-5-6-21-22(14-19)29-18-32(25(21)35)16-26(36)8-12-31(13-9-26)23(33)4-2-3-10-28-24(34)20-7-11-30(15-20)17-27/h5-6,14,18,20,36H,2-4,7-13,15-16H2,1H3,(H,28,34). The lowest BCUT2D eigenvalue weighted by molar-refractivity contribution is -0.136. The highest BCUT2D eigenvalue weighted by molar-refractivity contribution is 5.79. The summed E-state index contributed by atoms with van der Waals surface area (Å²) in [6.07, 6.45) is 6.84. The van der Waals surface area contributed by atoms with E-state index in [9.17, 15) is 19.5 Å². The van der Waals surface area contributed by atoms with Crippen LogP contribution in [0.15, 0.2) is 29.3 Å². The van der Waals surface area contributed by atoms with E-state index in [-0.39, 0.29) is 29.8 Å². The molecule has 3 heterocycles. The van der Waals surface area contributed by atoms with Gasteiger partial charge in [0.15, 0.2) is 6.19 Å². The summed E-state index contributed by atoms with van der Waals surface area (Å²) in [4.78, 5) is 45.4. The molecule has 1 unspecified atom stereocenters. The van der Waals surface area contributed by atoms with Crippen LogP contribution in [0.25, 0.3) is 10.9 Å². The number of aromatic nitrogens is 2. The molecule has 10 heteroatoms. The largest absolute Gasteiger partial charge is 0.388 e. The Hall–Kier alpha value is -3.45. The monoisotopic (exact) mass is 494 g/mol. The average Bonchev–Trinajstić information content (AvgIpc) is 3.35. The van der Waals surface area contributed by atoms with Crippen LogP contribution in [0.3, 0.4) is 0 Å². The Balaban J connectivity index is 1.18. The molecule has 2 fully saturated rings. The van der Waals surface area contributed by atoms with Crippen LogP contribution in [-0.2, 0) is 16.1 Å². The van der Waals surface area contributed by atoms with Gasteiger partial charge in [-0.3, -0.25) is 19.0 Å². The van der Waals surface area contributed by atoms with E-state index in [0.717, 1.165) is 5.56 Å². The summed E-state index contributed by atoms with van der Waals surface area (Å²) in [7, 11) is 0. The van der Waals surface area contributed by atoms with E-state index >= 15 is 0 Å². The second kappa shape index (κ2) is 11.1. The van der Waals surface area contributed by atoms with E-state index in [0.29, 0.717) is 82.2 Å². The smallest absolute Gasteiger partial charge is 0.261 e. The number of hydrogen-bond donors (Lipinski definition) is 2. The number of fused-ring (bicyclic) bond motifs is 1. The molecule has 2 aromatic rings. The molecule has 0 spiro atoms. The van der Waals surface area contributed by atoms with Gasteiger partial charge < -0.3 is 20.2 Å². The van der Waals surface area contributed by atoms with Gasteiger partial charge in [0.1, 0.15) is 0 Å². The van der Waals surface area contributed by atoms with Gasteiger partial charge in [0, 0.05) is 39.1 Å². The lowest BCUT2D eigenvalue weighted by atomic mass is 9.91. The topological polar surface area (TPSA) is 132 Å². The minimum absolute atomic E-state index is 0.0229. The van der Waals surface area contributed by atoms with Crippen LogP contribution in [0.5, 0.6) is 0 Å². The van der Waals surface area contributed by atoms with Crippen molar-refractivity contribution in [1.82, 2.24) is 24.7 Å². The average molecular weight is 495 g/mol. The maximum absolute atomic E-state index is 12.9. The number of piperidine rings is 1. The molecular formula is C26H34N6O4. The highest BCUT2D eigenvalue weighted by atomic mass is 16.3. The van der Waals surface area contributed by atoms with E-state index in [1.807, 2.05) is 19.1 Å². The lowest BCUT2D eigenvalue weighted by Gasteiger charge is -2.38. The summed E-state index contributed by atoms with van der Waals surface area (Å²) >= 11 is 0. The fourth-order valence-electron chi connectivity index (χ4n) is 5.01. The third-order valence-electron chi connectivity index (χ3n) is 7.31. The summed E-state index contributed by atoms with van der Waals surface area (Å²) in [5.74, 6) is -0.113. The molecule has 2 amide bonds. The van der Waals surface area contributed by atoms with Crippen molar-refractivity contribution in [2.75, 3.05) is 32.7 Å². The van der Waals surface area contributed by atoms with E-state index in [2.05, 4.69) is 16.5 Å². The van der Waals surface area contributed by atoms with Crippen molar-refractivity contribution in [3.63, 3.8) is 0 Å². The van der Waals surface area contributed by atoms with Gasteiger partial charge in [-0.05, 0) is 56.7 Å². The molecule has 1 atom stereocenters. The molecule has 0 aliphatic carbocycles. The predicted octanol–water partition coefficient (Wildman–Crippen LogP) is 1.15. The Bertz CT molecular complexity index is 1210. The van der Waals surface area contributed by atoms with E-state index < -0.39 is 5.60 Å². The number of benzene rings is 1. The van der Waals surface area contributed by atoms with Crippen LogP contribution in [-0.4, -0.2) is 74.6 Å². The summed E-state index contributed by atoms with van der Waals surface area (Å²) in [5.41, 5.74) is 0.443. The van der Waals surface area contributed by atoms with Crippen molar-refractivity contribution in [2.24, 2.45) is 5.92 Å². The van der Waals surface area contributed by atoms with Gasteiger partial charge >= 0.3 is 0 Å². The van der Waals surface area contributed by atoms with Crippen LogP contribution in [0.1, 0.15) is 44.1 Å². The first-order valence-electron chi connectivity index (χ1n) is 12.7. The molecule has 0 saturated carbocycles. The van der Waals surface area contributed by atoms with Gasteiger partial charge in [-0.25, -0.2) is 4.98 Å². The molecule has 0 bridgehead atoms. The number of nitriles is 1. The normalized spacial score (nSPS) is 19.3. The molecule has 1 aromatic carbocycles. The van der Waals surface area contributed by atoms with Crippen molar-refractivity contribution >= 4 is 22.7 Å². The van der Waals surface area contributed by atoms with Crippen molar-refractivity contribution in [3.8, 4) is 6.19 Å². The number of hydrogen-bond acceptors (Lipinski definition) is 7. The molecular weight excluding hydrogens is 460 g/mol. The van der Waals surface area contributed by atoms with Crippen molar-refractivity contribution < 1.29 is 14.7 Å². The molecule has 2 aliphatic heterocycles. The van der Waals surface area contributed by atoms with Gasteiger partial charge in [0.05, 0.1) is 35.3 Å². The van der Waals surface area contributed by atoms with E-state index in [1.54, 1.807) is 15.9 Å². The van der Waals surface area contributed by atoms with Crippen LogP contribution in [0.2, 0.25) is 0 Å². The first-order chi connectivity index (χ1) is 17.3. The van der Waals surface area contributed by atoms with Crippen molar-refractivity contribution in [1.29, 1.82) is 5.26 Å². The molecule has 1 aromatic heterocycles. The minimum Gasteiger partial charge on any atom is -0.388 e. The van der Waals surface area contributed by atoms with Crippen LogP contribution >= 0.6 is 0 Å². The Morgan fingerprint density at radius 3 is 2.75 bits per heavy atom. The molecule has 4 rings (SSSR count). The Morgan fingerprint density at radius 2 is 2.03 bits per heavy atom.